The molecule has 1 aliphatic rings. The Morgan fingerprint density at radius 3 is 2.45 bits per heavy atom. The Labute approximate surface area is 172 Å². The molecule has 5 rings (SSSR count). The van der Waals surface area contributed by atoms with Gasteiger partial charge in [0.25, 0.3) is 0 Å². The molecule has 0 saturated carbocycles. The highest BCUT2D eigenvalue weighted by Crippen LogP contribution is 2.38. The summed E-state index contributed by atoms with van der Waals surface area (Å²) in [5, 5.41) is 3.15. The van der Waals surface area contributed by atoms with Crippen molar-refractivity contribution < 1.29 is 4.39 Å². The van der Waals surface area contributed by atoms with E-state index in [-0.39, 0.29) is 5.82 Å². The lowest BCUT2D eigenvalue weighted by molar-refractivity contribution is 0.249. The minimum absolute atomic E-state index is 0.227. The lowest BCUT2D eigenvalue weighted by Gasteiger charge is -2.35. The van der Waals surface area contributed by atoms with E-state index < -0.39 is 0 Å². The fraction of sp³-hybridized carbons (Fsp3) is 0.227. The maximum Gasteiger partial charge on any atom is 0.141 e. The van der Waals surface area contributed by atoms with Crippen molar-refractivity contribution in [2.24, 2.45) is 0 Å². The number of thiophene rings is 1. The van der Waals surface area contributed by atoms with Gasteiger partial charge in [0.05, 0.1) is 5.39 Å². The van der Waals surface area contributed by atoms with Crippen LogP contribution in [0.25, 0.3) is 21.3 Å². The summed E-state index contributed by atoms with van der Waals surface area (Å²) in [4.78, 5) is 19.0. The number of pyridine rings is 1. The Balaban J connectivity index is 1.39. The van der Waals surface area contributed by atoms with Crippen molar-refractivity contribution in [3.8, 4) is 11.1 Å². The number of piperazine rings is 1. The van der Waals surface area contributed by atoms with Crippen molar-refractivity contribution in [1.82, 2.24) is 19.9 Å². The van der Waals surface area contributed by atoms with E-state index in [2.05, 4.69) is 42.3 Å². The molecule has 1 saturated heterocycles. The predicted octanol–water partition coefficient (Wildman–Crippen LogP) is 4.21. The van der Waals surface area contributed by atoms with Gasteiger partial charge in [-0.05, 0) is 35.4 Å². The van der Waals surface area contributed by atoms with Gasteiger partial charge in [-0.3, -0.25) is 9.88 Å². The SMILES string of the molecule is Fc1ccc(-c2csc3ncnc(N4CCN(Cc5ccncc5)CC4)c23)cc1. The molecule has 0 atom stereocenters. The summed E-state index contributed by atoms with van der Waals surface area (Å²) in [6.07, 6.45) is 5.33. The first-order valence-corrected chi connectivity index (χ1v) is 10.5. The summed E-state index contributed by atoms with van der Waals surface area (Å²) in [6, 6.07) is 10.8. The summed E-state index contributed by atoms with van der Waals surface area (Å²) in [5.41, 5.74) is 3.35. The van der Waals surface area contributed by atoms with Crippen LogP contribution >= 0.6 is 11.3 Å². The summed E-state index contributed by atoms with van der Waals surface area (Å²) in [5.74, 6) is 0.745. The average Bonchev–Trinajstić information content (AvgIpc) is 3.20. The van der Waals surface area contributed by atoms with Crippen LogP contribution in [0.2, 0.25) is 0 Å². The fourth-order valence-electron chi connectivity index (χ4n) is 3.81. The van der Waals surface area contributed by atoms with Crippen molar-refractivity contribution in [2.75, 3.05) is 31.1 Å². The molecule has 0 N–H and O–H groups in total. The molecule has 4 aromatic rings. The van der Waals surface area contributed by atoms with E-state index in [0.29, 0.717) is 0 Å². The van der Waals surface area contributed by atoms with Gasteiger partial charge in [0.15, 0.2) is 0 Å². The highest BCUT2D eigenvalue weighted by atomic mass is 32.1. The van der Waals surface area contributed by atoms with Crippen LogP contribution in [0.15, 0.2) is 60.5 Å². The van der Waals surface area contributed by atoms with E-state index in [0.717, 1.165) is 59.9 Å². The molecule has 0 amide bonds. The number of hydrogen-bond donors (Lipinski definition) is 0. The van der Waals surface area contributed by atoms with Crippen molar-refractivity contribution >= 4 is 27.4 Å². The third-order valence-corrected chi connectivity index (χ3v) is 6.22. The monoisotopic (exact) mass is 405 g/mol. The number of benzene rings is 1. The predicted molar refractivity (Wildman–Crippen MR) is 115 cm³/mol. The number of hydrogen-bond acceptors (Lipinski definition) is 6. The minimum atomic E-state index is -0.227. The van der Waals surface area contributed by atoms with Crippen molar-refractivity contribution in [3.05, 3.63) is 71.9 Å². The lowest BCUT2D eigenvalue weighted by atomic mass is 10.1. The van der Waals surface area contributed by atoms with Crippen LogP contribution in [0.4, 0.5) is 10.2 Å². The zero-order valence-electron chi connectivity index (χ0n) is 15.8. The number of halogens is 1. The minimum Gasteiger partial charge on any atom is -0.353 e. The van der Waals surface area contributed by atoms with Gasteiger partial charge < -0.3 is 4.90 Å². The smallest absolute Gasteiger partial charge is 0.141 e. The van der Waals surface area contributed by atoms with Crippen LogP contribution in [-0.4, -0.2) is 46.0 Å². The second kappa shape index (κ2) is 7.85. The topological polar surface area (TPSA) is 45.2 Å². The Kier molecular flexibility index (Phi) is 4.91. The van der Waals surface area contributed by atoms with E-state index >= 15 is 0 Å². The first-order valence-electron chi connectivity index (χ1n) is 9.62. The van der Waals surface area contributed by atoms with Gasteiger partial charge in [-0.25, -0.2) is 14.4 Å². The summed E-state index contributed by atoms with van der Waals surface area (Å²) in [7, 11) is 0. The maximum absolute atomic E-state index is 13.4. The third-order valence-electron chi connectivity index (χ3n) is 5.33. The van der Waals surface area contributed by atoms with E-state index in [1.54, 1.807) is 17.7 Å². The Morgan fingerprint density at radius 1 is 0.931 bits per heavy atom. The molecule has 0 spiro atoms. The Bertz CT molecular complexity index is 1110. The molecule has 0 radical (unpaired) electrons. The van der Waals surface area contributed by atoms with Gasteiger partial charge in [0.2, 0.25) is 0 Å². The molecule has 7 heteroatoms. The van der Waals surface area contributed by atoms with Crippen LogP contribution in [0.1, 0.15) is 5.56 Å². The van der Waals surface area contributed by atoms with Gasteiger partial charge in [0.1, 0.15) is 22.8 Å². The number of nitrogens with zero attached hydrogens (tertiary/aromatic N) is 5. The lowest BCUT2D eigenvalue weighted by Crippen LogP contribution is -2.46. The molecule has 3 aromatic heterocycles. The molecule has 146 valence electrons. The first kappa shape index (κ1) is 18.1. The molecule has 5 nitrogen and oxygen atoms in total. The molecule has 1 aromatic carbocycles. The molecule has 4 heterocycles. The number of fused-ring (bicyclic) bond motifs is 1. The van der Waals surface area contributed by atoms with Crippen molar-refractivity contribution in [2.45, 2.75) is 6.54 Å². The molecule has 0 aliphatic carbocycles. The van der Waals surface area contributed by atoms with Crippen LogP contribution in [0.3, 0.4) is 0 Å². The summed E-state index contributed by atoms with van der Waals surface area (Å²) < 4.78 is 13.4. The zero-order valence-corrected chi connectivity index (χ0v) is 16.6. The normalized spacial score (nSPS) is 15.1. The van der Waals surface area contributed by atoms with Crippen LogP contribution in [0.5, 0.6) is 0 Å². The average molecular weight is 406 g/mol. The van der Waals surface area contributed by atoms with Crippen molar-refractivity contribution in [3.63, 3.8) is 0 Å². The summed E-state index contributed by atoms with van der Waals surface area (Å²) >= 11 is 1.61. The van der Waals surface area contributed by atoms with Crippen LogP contribution in [0, 0.1) is 5.82 Å². The largest absolute Gasteiger partial charge is 0.353 e. The zero-order chi connectivity index (χ0) is 19.6. The molecule has 29 heavy (non-hydrogen) atoms. The quantitative estimate of drug-likeness (QED) is 0.509. The Morgan fingerprint density at radius 2 is 1.69 bits per heavy atom. The van der Waals surface area contributed by atoms with E-state index in [1.165, 1.54) is 17.7 Å². The van der Waals surface area contributed by atoms with Gasteiger partial charge in [-0.1, -0.05) is 12.1 Å². The summed E-state index contributed by atoms with van der Waals surface area (Å²) in [6.45, 7) is 4.72. The van der Waals surface area contributed by atoms with E-state index in [1.807, 2.05) is 24.5 Å². The van der Waals surface area contributed by atoms with Gasteiger partial charge >= 0.3 is 0 Å². The fourth-order valence-corrected chi connectivity index (χ4v) is 4.72. The molecular formula is C22H20FN5S. The van der Waals surface area contributed by atoms with Crippen LogP contribution in [-0.2, 0) is 6.54 Å². The van der Waals surface area contributed by atoms with Gasteiger partial charge in [-0.2, -0.15) is 0 Å². The van der Waals surface area contributed by atoms with Crippen LogP contribution < -0.4 is 4.90 Å². The van der Waals surface area contributed by atoms with E-state index in [4.69, 9.17) is 0 Å². The van der Waals surface area contributed by atoms with Gasteiger partial charge in [0, 0.05) is 56.1 Å². The molecule has 1 aliphatic heterocycles. The molecule has 1 fully saturated rings. The number of anilines is 1. The highest BCUT2D eigenvalue weighted by molar-refractivity contribution is 7.17. The molecular weight excluding hydrogens is 385 g/mol. The maximum atomic E-state index is 13.4. The second-order valence-electron chi connectivity index (χ2n) is 7.15. The number of aromatic nitrogens is 3. The first-order chi connectivity index (χ1) is 14.3. The van der Waals surface area contributed by atoms with Gasteiger partial charge in [-0.15, -0.1) is 11.3 Å². The molecule has 0 unspecified atom stereocenters. The Hall–Kier alpha value is -2.90. The number of rotatable bonds is 4. The van der Waals surface area contributed by atoms with Crippen molar-refractivity contribution in [1.29, 1.82) is 0 Å². The molecule has 0 bridgehead atoms. The highest BCUT2D eigenvalue weighted by Gasteiger charge is 2.22. The second-order valence-corrected chi connectivity index (χ2v) is 8.01. The van der Waals surface area contributed by atoms with E-state index in [9.17, 15) is 4.39 Å². The third kappa shape index (κ3) is 3.71. The standard InChI is InChI=1S/C22H20FN5S/c23-18-3-1-17(2-4-18)19-14-29-22-20(19)21(25-15-26-22)28-11-9-27(10-12-28)13-16-5-7-24-8-6-16/h1-8,14-15H,9-13H2.